The summed E-state index contributed by atoms with van der Waals surface area (Å²) in [5.41, 5.74) is 1.78. The first kappa shape index (κ1) is 13.7. The number of imidazole rings is 1. The van der Waals surface area contributed by atoms with Gasteiger partial charge in [-0.25, -0.2) is 9.78 Å². The molecule has 8 heteroatoms. The summed E-state index contributed by atoms with van der Waals surface area (Å²) in [6.07, 6.45) is 0. The lowest BCUT2D eigenvalue weighted by atomic mass is 10.2. The van der Waals surface area contributed by atoms with E-state index in [9.17, 15) is 9.59 Å². The summed E-state index contributed by atoms with van der Waals surface area (Å²) in [5, 5.41) is 2.97. The van der Waals surface area contributed by atoms with Crippen LogP contribution in [0.15, 0.2) is 35.1 Å². The van der Waals surface area contributed by atoms with Crippen LogP contribution in [0.3, 0.4) is 0 Å². The Balaban J connectivity index is 1.90. The second-order valence-electron chi connectivity index (χ2n) is 4.29. The number of carbonyl (C=O) groups excluding carboxylic acids is 1. The van der Waals surface area contributed by atoms with E-state index in [2.05, 4.69) is 20.3 Å². The minimum absolute atomic E-state index is 0.137. The fraction of sp³-hybridized carbons (Fsp3) is 0. The van der Waals surface area contributed by atoms with Crippen LogP contribution < -0.4 is 11.0 Å². The highest BCUT2D eigenvalue weighted by Crippen LogP contribution is 2.18. The van der Waals surface area contributed by atoms with E-state index in [1.807, 2.05) is 0 Å². The van der Waals surface area contributed by atoms with E-state index < -0.39 is 0 Å². The van der Waals surface area contributed by atoms with Gasteiger partial charge in [0.05, 0.1) is 11.0 Å². The summed E-state index contributed by atoms with van der Waals surface area (Å²) in [5.74, 6) is -0.376. The second-order valence-corrected chi connectivity index (χ2v) is 5.07. The van der Waals surface area contributed by atoms with E-state index >= 15 is 0 Å². The number of carbonyl (C=O) groups is 1. The van der Waals surface area contributed by atoms with E-state index in [0.29, 0.717) is 22.3 Å². The highest BCUT2D eigenvalue weighted by atomic mass is 35.5. The van der Waals surface area contributed by atoms with Crippen molar-refractivity contribution in [1.82, 2.24) is 15.0 Å². The van der Waals surface area contributed by atoms with E-state index in [4.69, 9.17) is 23.2 Å². The summed E-state index contributed by atoms with van der Waals surface area (Å²) in [6, 6.07) is 7.85. The van der Waals surface area contributed by atoms with Crippen molar-refractivity contribution in [3.05, 3.63) is 56.7 Å². The van der Waals surface area contributed by atoms with Gasteiger partial charge in [-0.15, -0.1) is 0 Å². The van der Waals surface area contributed by atoms with Gasteiger partial charge in [0, 0.05) is 11.3 Å². The second kappa shape index (κ2) is 5.23. The van der Waals surface area contributed by atoms with Gasteiger partial charge in [0.1, 0.15) is 10.3 Å². The Labute approximate surface area is 128 Å². The number of hydrogen-bond donors (Lipinski definition) is 3. The van der Waals surface area contributed by atoms with Gasteiger partial charge >= 0.3 is 5.69 Å². The Morgan fingerprint density at radius 3 is 2.43 bits per heavy atom. The number of aromatic amines is 2. The first-order valence-corrected chi connectivity index (χ1v) is 6.63. The number of anilines is 1. The maximum atomic E-state index is 12.1. The largest absolute Gasteiger partial charge is 0.323 e. The number of H-pyrrole nitrogens is 2. The summed E-state index contributed by atoms with van der Waals surface area (Å²) in [6.45, 7) is 0. The molecule has 3 aromatic rings. The van der Waals surface area contributed by atoms with Crippen molar-refractivity contribution in [2.45, 2.75) is 0 Å². The Hall–Kier alpha value is -2.31. The van der Waals surface area contributed by atoms with Crippen molar-refractivity contribution in [3.63, 3.8) is 0 Å². The van der Waals surface area contributed by atoms with Gasteiger partial charge in [0.2, 0.25) is 0 Å². The molecule has 21 heavy (non-hydrogen) atoms. The van der Waals surface area contributed by atoms with Gasteiger partial charge in [0.15, 0.2) is 0 Å². The first-order valence-electron chi connectivity index (χ1n) is 5.88. The molecule has 0 atom stereocenters. The number of aromatic nitrogens is 3. The van der Waals surface area contributed by atoms with Gasteiger partial charge in [-0.2, -0.15) is 0 Å². The molecular weight excluding hydrogens is 315 g/mol. The Morgan fingerprint density at radius 2 is 1.71 bits per heavy atom. The van der Waals surface area contributed by atoms with Crippen LogP contribution in [0.2, 0.25) is 10.3 Å². The Morgan fingerprint density at radius 1 is 1.05 bits per heavy atom. The van der Waals surface area contributed by atoms with Crippen molar-refractivity contribution in [2.24, 2.45) is 0 Å². The molecule has 2 aromatic heterocycles. The lowest BCUT2D eigenvalue weighted by molar-refractivity contribution is 0.102. The van der Waals surface area contributed by atoms with E-state index in [0.717, 1.165) is 0 Å². The molecular formula is C13H8Cl2N4O2. The molecule has 106 valence electrons. The van der Waals surface area contributed by atoms with Gasteiger partial charge < -0.3 is 15.3 Å². The number of nitrogens with zero attached hydrogens (tertiary/aromatic N) is 1. The highest BCUT2D eigenvalue weighted by molar-refractivity contribution is 6.33. The SMILES string of the molecule is O=C(Nc1ccc2[nH]c(=O)[nH]c2c1)c1cc(Cl)nc(Cl)c1. The quantitative estimate of drug-likeness (QED) is 0.633. The first-order chi connectivity index (χ1) is 10.0. The summed E-state index contributed by atoms with van der Waals surface area (Å²) < 4.78 is 0. The van der Waals surface area contributed by atoms with E-state index in [-0.39, 0.29) is 21.9 Å². The van der Waals surface area contributed by atoms with Crippen molar-refractivity contribution in [2.75, 3.05) is 5.32 Å². The van der Waals surface area contributed by atoms with Crippen molar-refractivity contribution >= 4 is 45.8 Å². The van der Waals surface area contributed by atoms with E-state index in [1.54, 1.807) is 18.2 Å². The molecule has 3 rings (SSSR count). The van der Waals surface area contributed by atoms with Crippen LogP contribution in [0.5, 0.6) is 0 Å². The number of hydrogen-bond acceptors (Lipinski definition) is 3. The number of amides is 1. The normalized spacial score (nSPS) is 10.8. The topological polar surface area (TPSA) is 90.6 Å². The molecule has 0 radical (unpaired) electrons. The third-order valence-corrected chi connectivity index (χ3v) is 3.19. The molecule has 1 amide bonds. The molecule has 0 aliphatic rings. The van der Waals surface area contributed by atoms with Crippen LogP contribution in [-0.2, 0) is 0 Å². The predicted molar refractivity (Wildman–Crippen MR) is 81.1 cm³/mol. The molecule has 0 saturated heterocycles. The predicted octanol–water partition coefficient (Wildman–Crippen LogP) is 2.81. The van der Waals surface area contributed by atoms with Gasteiger partial charge in [-0.3, -0.25) is 4.79 Å². The van der Waals surface area contributed by atoms with Crippen LogP contribution in [0.1, 0.15) is 10.4 Å². The van der Waals surface area contributed by atoms with E-state index in [1.165, 1.54) is 12.1 Å². The fourth-order valence-corrected chi connectivity index (χ4v) is 2.37. The number of fused-ring (bicyclic) bond motifs is 1. The van der Waals surface area contributed by atoms with Crippen LogP contribution in [0, 0.1) is 0 Å². The number of pyridine rings is 1. The number of halogens is 2. The van der Waals surface area contributed by atoms with Gasteiger partial charge in [-0.1, -0.05) is 23.2 Å². The molecule has 0 aliphatic carbocycles. The van der Waals surface area contributed by atoms with Gasteiger partial charge in [0.25, 0.3) is 5.91 Å². The molecule has 0 saturated carbocycles. The highest BCUT2D eigenvalue weighted by Gasteiger charge is 2.10. The molecule has 0 spiro atoms. The number of benzene rings is 1. The number of rotatable bonds is 2. The Kier molecular flexibility index (Phi) is 3.40. The van der Waals surface area contributed by atoms with Crippen LogP contribution in [-0.4, -0.2) is 20.9 Å². The summed E-state index contributed by atoms with van der Waals surface area (Å²) >= 11 is 11.5. The molecule has 6 nitrogen and oxygen atoms in total. The standard InChI is InChI=1S/C13H8Cl2N4O2/c14-10-3-6(4-11(15)19-10)12(20)16-7-1-2-8-9(5-7)18-13(21)17-8/h1-5H,(H,16,20)(H2,17,18,21). The van der Waals surface area contributed by atoms with Crippen LogP contribution >= 0.6 is 23.2 Å². The minimum Gasteiger partial charge on any atom is -0.322 e. The molecule has 2 heterocycles. The molecule has 3 N–H and O–H groups in total. The zero-order valence-corrected chi connectivity index (χ0v) is 11.9. The molecule has 1 aromatic carbocycles. The average Bonchev–Trinajstić information content (AvgIpc) is 2.77. The Bertz CT molecular complexity index is 880. The monoisotopic (exact) mass is 322 g/mol. The zero-order chi connectivity index (χ0) is 15.0. The smallest absolute Gasteiger partial charge is 0.322 e. The van der Waals surface area contributed by atoms with Crippen LogP contribution in [0.4, 0.5) is 5.69 Å². The average molecular weight is 323 g/mol. The fourth-order valence-electron chi connectivity index (χ4n) is 1.91. The van der Waals surface area contributed by atoms with Gasteiger partial charge in [-0.05, 0) is 30.3 Å². The number of nitrogens with one attached hydrogen (secondary N) is 3. The molecule has 0 aliphatic heterocycles. The molecule has 0 bridgehead atoms. The molecule has 0 unspecified atom stereocenters. The third-order valence-electron chi connectivity index (χ3n) is 2.80. The maximum absolute atomic E-state index is 12.1. The summed E-state index contributed by atoms with van der Waals surface area (Å²) in [4.78, 5) is 32.3. The van der Waals surface area contributed by atoms with Crippen molar-refractivity contribution < 1.29 is 4.79 Å². The lowest BCUT2D eigenvalue weighted by Crippen LogP contribution is -2.12. The zero-order valence-electron chi connectivity index (χ0n) is 10.4. The van der Waals surface area contributed by atoms with Crippen molar-refractivity contribution in [1.29, 1.82) is 0 Å². The molecule has 0 fully saturated rings. The third kappa shape index (κ3) is 2.91. The lowest BCUT2D eigenvalue weighted by Gasteiger charge is -2.06. The van der Waals surface area contributed by atoms with Crippen molar-refractivity contribution in [3.8, 4) is 0 Å². The van der Waals surface area contributed by atoms with Crippen LogP contribution in [0.25, 0.3) is 11.0 Å². The minimum atomic E-state index is -0.376. The maximum Gasteiger partial charge on any atom is 0.323 e. The summed E-state index contributed by atoms with van der Waals surface area (Å²) in [7, 11) is 0.